The van der Waals surface area contributed by atoms with Crippen molar-refractivity contribution in [2.75, 3.05) is 13.2 Å². The highest BCUT2D eigenvalue weighted by Crippen LogP contribution is 2.44. The van der Waals surface area contributed by atoms with E-state index in [1.807, 2.05) is 0 Å². The molecule has 0 amide bonds. The van der Waals surface area contributed by atoms with E-state index in [9.17, 15) is 24.0 Å². The number of hydrogen-bond acceptors (Lipinski definition) is 11. The van der Waals surface area contributed by atoms with Gasteiger partial charge >= 0.3 is 29.8 Å². The van der Waals surface area contributed by atoms with Gasteiger partial charge in [0.15, 0.2) is 17.1 Å². The summed E-state index contributed by atoms with van der Waals surface area (Å²) in [5, 5.41) is 0. The molecule has 3 rings (SSSR count). The highest BCUT2D eigenvalue weighted by Gasteiger charge is 2.40. The van der Waals surface area contributed by atoms with Gasteiger partial charge in [-0.2, -0.15) is 0 Å². The minimum Gasteiger partial charge on any atom is -0.488 e. The molecule has 2 aromatic carbocycles. The number of hydrogen-bond donors (Lipinski definition) is 0. The maximum absolute atomic E-state index is 12.1. The summed E-state index contributed by atoms with van der Waals surface area (Å²) in [5.41, 5.74) is 0.0381. The SMILES string of the molecule is CC(=O)OCC1(OC(C)=O)COc2cc(OC(C)=O)ccc2-c2cc(OC(C)=O)c(OC(C)=O)cc2C1. The maximum atomic E-state index is 12.1. The Hall–Kier alpha value is -4.41. The molecular formula is C26H26O11. The molecule has 0 bridgehead atoms. The molecule has 0 radical (unpaired) electrons. The van der Waals surface area contributed by atoms with E-state index in [2.05, 4.69) is 0 Å². The summed E-state index contributed by atoms with van der Waals surface area (Å²) >= 11 is 0. The summed E-state index contributed by atoms with van der Waals surface area (Å²) in [7, 11) is 0. The van der Waals surface area contributed by atoms with Crippen molar-refractivity contribution in [2.24, 2.45) is 0 Å². The van der Waals surface area contributed by atoms with E-state index in [0.717, 1.165) is 0 Å². The monoisotopic (exact) mass is 514 g/mol. The fraction of sp³-hybridized carbons (Fsp3) is 0.346. The number of carbonyl (C=O) groups is 5. The van der Waals surface area contributed by atoms with Crippen LogP contribution in [0.1, 0.15) is 40.2 Å². The number of carbonyl (C=O) groups excluding carboxylic acids is 5. The first-order valence-electron chi connectivity index (χ1n) is 11.2. The first kappa shape index (κ1) is 27.2. The van der Waals surface area contributed by atoms with E-state index in [4.69, 9.17) is 28.4 Å². The van der Waals surface area contributed by atoms with Gasteiger partial charge in [0.05, 0.1) is 0 Å². The molecule has 2 aromatic rings. The van der Waals surface area contributed by atoms with Crippen molar-refractivity contribution < 1.29 is 52.4 Å². The molecule has 0 fully saturated rings. The molecular weight excluding hydrogens is 488 g/mol. The van der Waals surface area contributed by atoms with Gasteiger partial charge in [-0.3, -0.25) is 24.0 Å². The Labute approximate surface area is 212 Å². The molecule has 1 aliphatic heterocycles. The Morgan fingerprint density at radius 3 is 1.95 bits per heavy atom. The molecule has 11 nitrogen and oxygen atoms in total. The summed E-state index contributed by atoms with van der Waals surface area (Å²) in [6.45, 7) is 5.48. The van der Waals surface area contributed by atoms with Gasteiger partial charge in [0.2, 0.25) is 0 Å². The highest BCUT2D eigenvalue weighted by atomic mass is 16.6. The van der Waals surface area contributed by atoms with Crippen molar-refractivity contribution in [3.8, 4) is 34.1 Å². The average molecular weight is 514 g/mol. The van der Waals surface area contributed by atoms with Gasteiger partial charge in [-0.25, -0.2) is 0 Å². The Balaban J connectivity index is 2.27. The minimum absolute atomic E-state index is 0.0189. The summed E-state index contributed by atoms with van der Waals surface area (Å²) in [4.78, 5) is 58.7. The third-order valence-corrected chi connectivity index (χ3v) is 5.08. The van der Waals surface area contributed by atoms with Gasteiger partial charge in [0, 0.05) is 52.7 Å². The first-order chi connectivity index (χ1) is 17.4. The Morgan fingerprint density at radius 1 is 0.757 bits per heavy atom. The molecule has 1 atom stereocenters. The van der Waals surface area contributed by atoms with Gasteiger partial charge in [-0.15, -0.1) is 0 Å². The van der Waals surface area contributed by atoms with Crippen LogP contribution in [0, 0.1) is 0 Å². The van der Waals surface area contributed by atoms with E-state index >= 15 is 0 Å². The lowest BCUT2D eigenvalue weighted by atomic mass is 9.87. The van der Waals surface area contributed by atoms with Gasteiger partial charge < -0.3 is 28.4 Å². The zero-order chi connectivity index (χ0) is 27.3. The van der Waals surface area contributed by atoms with Crippen molar-refractivity contribution in [3.63, 3.8) is 0 Å². The second-order valence-corrected chi connectivity index (χ2v) is 8.42. The zero-order valence-corrected chi connectivity index (χ0v) is 21.0. The fourth-order valence-electron chi connectivity index (χ4n) is 3.88. The van der Waals surface area contributed by atoms with Crippen LogP contribution in [0.4, 0.5) is 0 Å². The smallest absolute Gasteiger partial charge is 0.308 e. The second-order valence-electron chi connectivity index (χ2n) is 8.42. The van der Waals surface area contributed by atoms with Crippen molar-refractivity contribution >= 4 is 29.8 Å². The number of ether oxygens (including phenoxy) is 6. The summed E-state index contributed by atoms with van der Waals surface area (Å²) < 4.78 is 32.6. The van der Waals surface area contributed by atoms with Crippen molar-refractivity contribution in [2.45, 2.75) is 46.6 Å². The molecule has 0 saturated carbocycles. The molecule has 0 aromatic heterocycles. The normalized spacial score (nSPS) is 15.9. The lowest BCUT2D eigenvalue weighted by molar-refractivity contribution is -0.174. The Morgan fingerprint density at radius 2 is 1.38 bits per heavy atom. The van der Waals surface area contributed by atoms with Crippen LogP contribution < -0.4 is 18.9 Å². The molecule has 0 aliphatic carbocycles. The lowest BCUT2D eigenvalue weighted by Crippen LogP contribution is -2.48. The lowest BCUT2D eigenvalue weighted by Gasteiger charge is -2.35. The molecule has 1 unspecified atom stereocenters. The van der Waals surface area contributed by atoms with Crippen LogP contribution in [-0.4, -0.2) is 48.7 Å². The summed E-state index contributed by atoms with van der Waals surface area (Å²) in [5.74, 6) is -2.72. The molecule has 1 heterocycles. The predicted octanol–water partition coefficient (Wildman–Crippen LogP) is 2.93. The Bertz CT molecular complexity index is 1260. The summed E-state index contributed by atoms with van der Waals surface area (Å²) in [6.07, 6.45) is -0.0189. The van der Waals surface area contributed by atoms with E-state index in [0.29, 0.717) is 16.7 Å². The van der Waals surface area contributed by atoms with Crippen molar-refractivity contribution in [1.29, 1.82) is 0 Å². The van der Waals surface area contributed by atoms with E-state index in [1.165, 1.54) is 52.8 Å². The van der Waals surface area contributed by atoms with Gasteiger partial charge in [0.1, 0.15) is 24.7 Å². The molecule has 0 N–H and O–H groups in total. The Kier molecular flexibility index (Phi) is 8.16. The van der Waals surface area contributed by atoms with E-state index < -0.39 is 35.4 Å². The maximum Gasteiger partial charge on any atom is 0.308 e. The minimum atomic E-state index is -1.47. The van der Waals surface area contributed by atoms with E-state index in [1.54, 1.807) is 12.1 Å². The fourth-order valence-corrected chi connectivity index (χ4v) is 3.88. The predicted molar refractivity (Wildman–Crippen MR) is 126 cm³/mol. The third-order valence-electron chi connectivity index (χ3n) is 5.08. The van der Waals surface area contributed by atoms with Gasteiger partial charge in [0.25, 0.3) is 0 Å². The van der Waals surface area contributed by atoms with Crippen LogP contribution in [0.15, 0.2) is 30.3 Å². The van der Waals surface area contributed by atoms with Gasteiger partial charge in [-0.1, -0.05) is 0 Å². The molecule has 11 heteroatoms. The number of rotatable bonds is 6. The second kappa shape index (κ2) is 11.1. The molecule has 0 saturated heterocycles. The number of fused-ring (bicyclic) bond motifs is 3. The molecule has 1 aliphatic rings. The van der Waals surface area contributed by atoms with Gasteiger partial charge in [-0.05, 0) is 35.4 Å². The van der Waals surface area contributed by atoms with E-state index in [-0.39, 0.29) is 42.6 Å². The third kappa shape index (κ3) is 7.06. The molecule has 37 heavy (non-hydrogen) atoms. The van der Waals surface area contributed by atoms with Crippen LogP contribution in [0.25, 0.3) is 11.1 Å². The zero-order valence-electron chi connectivity index (χ0n) is 21.0. The quantitative estimate of drug-likeness (QED) is 0.415. The van der Waals surface area contributed by atoms with Crippen LogP contribution in [0.3, 0.4) is 0 Å². The summed E-state index contributed by atoms with van der Waals surface area (Å²) in [6, 6.07) is 7.63. The van der Waals surface area contributed by atoms with Crippen LogP contribution in [0.2, 0.25) is 0 Å². The number of benzene rings is 2. The van der Waals surface area contributed by atoms with Crippen LogP contribution >= 0.6 is 0 Å². The standard InChI is InChI=1S/C26H26O11/c1-14(27)32-12-26(37-18(5)31)11-19-8-24(35-16(3)29)25(36-17(4)30)10-22(19)21-7-6-20(34-15(2)28)9-23(21)33-13-26/h6-10H,11-13H2,1-5H3. The van der Waals surface area contributed by atoms with Crippen LogP contribution in [0.5, 0.6) is 23.0 Å². The molecule has 0 spiro atoms. The van der Waals surface area contributed by atoms with Crippen molar-refractivity contribution in [3.05, 3.63) is 35.9 Å². The molecule has 196 valence electrons. The highest BCUT2D eigenvalue weighted by molar-refractivity contribution is 5.81. The largest absolute Gasteiger partial charge is 0.488 e. The topological polar surface area (TPSA) is 141 Å². The number of esters is 5. The average Bonchev–Trinajstić information content (AvgIpc) is 2.76. The first-order valence-corrected chi connectivity index (χ1v) is 11.2. The van der Waals surface area contributed by atoms with Crippen molar-refractivity contribution in [1.82, 2.24) is 0 Å². The van der Waals surface area contributed by atoms with Crippen LogP contribution in [-0.2, 0) is 39.9 Å².